The van der Waals surface area contributed by atoms with Crippen LogP contribution in [0.3, 0.4) is 0 Å². The van der Waals surface area contributed by atoms with Crippen LogP contribution in [0.4, 0.5) is 0 Å². The Labute approximate surface area is 159 Å². The number of nitrogens with zero attached hydrogens (tertiary/aromatic N) is 3. The van der Waals surface area contributed by atoms with Gasteiger partial charge in [-0.2, -0.15) is 0 Å². The van der Waals surface area contributed by atoms with Crippen LogP contribution in [0.25, 0.3) is 0 Å². The Bertz CT molecular complexity index is 785. The van der Waals surface area contributed by atoms with E-state index >= 15 is 0 Å². The van der Waals surface area contributed by atoms with Crippen molar-refractivity contribution >= 4 is 33.6 Å². The minimum absolute atomic E-state index is 0.0825. The van der Waals surface area contributed by atoms with Crippen LogP contribution in [0.15, 0.2) is 29.0 Å². The van der Waals surface area contributed by atoms with Gasteiger partial charge in [0.1, 0.15) is 5.37 Å². The van der Waals surface area contributed by atoms with Crippen LogP contribution in [0.5, 0.6) is 11.5 Å². The molecule has 1 saturated heterocycles. The summed E-state index contributed by atoms with van der Waals surface area (Å²) in [5.74, 6) is 1.79. The number of hydrogen-bond acceptors (Lipinski definition) is 6. The summed E-state index contributed by atoms with van der Waals surface area (Å²) in [4.78, 5) is 22.8. The Kier molecular flexibility index (Phi) is 5.48. The summed E-state index contributed by atoms with van der Waals surface area (Å²) in [6.07, 6.45) is 3.43. The molecule has 1 unspecified atom stereocenters. The van der Waals surface area contributed by atoms with Gasteiger partial charge in [0, 0.05) is 16.2 Å². The molecule has 132 valence electrons. The molecule has 1 amide bonds. The van der Waals surface area contributed by atoms with E-state index in [-0.39, 0.29) is 11.3 Å². The maximum absolute atomic E-state index is 12.4. The normalized spacial score (nSPS) is 17.0. The molecule has 1 atom stereocenters. The molecule has 6 nitrogen and oxygen atoms in total. The molecular weight excluding hydrogens is 406 g/mol. The summed E-state index contributed by atoms with van der Waals surface area (Å²) in [7, 11) is 3.20. The number of benzene rings is 1. The van der Waals surface area contributed by atoms with Gasteiger partial charge in [0.25, 0.3) is 0 Å². The third kappa shape index (κ3) is 3.74. The van der Waals surface area contributed by atoms with E-state index in [1.54, 1.807) is 38.4 Å². The number of ether oxygens (including phenoxy) is 2. The van der Waals surface area contributed by atoms with Crippen LogP contribution in [-0.4, -0.2) is 40.7 Å². The predicted octanol–water partition coefficient (Wildman–Crippen LogP) is 3.34. The zero-order valence-corrected chi connectivity index (χ0v) is 16.6. The number of thioether (sulfide) groups is 1. The van der Waals surface area contributed by atoms with E-state index in [9.17, 15) is 4.79 Å². The fraction of sp³-hybridized carbons (Fsp3) is 0.353. The van der Waals surface area contributed by atoms with Crippen molar-refractivity contribution in [3.8, 4) is 11.5 Å². The second-order valence-electron chi connectivity index (χ2n) is 5.56. The summed E-state index contributed by atoms with van der Waals surface area (Å²) < 4.78 is 11.6. The van der Waals surface area contributed by atoms with Gasteiger partial charge in [0.2, 0.25) is 5.91 Å². The van der Waals surface area contributed by atoms with Gasteiger partial charge < -0.3 is 14.4 Å². The van der Waals surface area contributed by atoms with Gasteiger partial charge in [0.15, 0.2) is 11.5 Å². The summed E-state index contributed by atoms with van der Waals surface area (Å²) >= 11 is 5.17. The molecule has 0 radical (unpaired) electrons. The third-order valence-corrected chi connectivity index (χ3v) is 5.83. The average Bonchev–Trinajstić information content (AvgIpc) is 2.97. The zero-order chi connectivity index (χ0) is 18.0. The van der Waals surface area contributed by atoms with Gasteiger partial charge in [-0.15, -0.1) is 11.8 Å². The molecule has 1 aliphatic heterocycles. The third-order valence-electron chi connectivity index (χ3n) is 3.90. The summed E-state index contributed by atoms with van der Waals surface area (Å²) in [5, 5.41) is -0.121. The van der Waals surface area contributed by atoms with Gasteiger partial charge in [-0.1, -0.05) is 15.9 Å². The molecular formula is C17H18BrN3O3S. The Morgan fingerprint density at radius 1 is 1.24 bits per heavy atom. The molecule has 3 rings (SSSR count). The van der Waals surface area contributed by atoms with E-state index in [2.05, 4.69) is 25.9 Å². The topological polar surface area (TPSA) is 64.5 Å². The first-order chi connectivity index (χ1) is 12.0. The SMILES string of the molecule is COc1cc(Br)c(C2SCC(=O)N2Cc2cnc(C)cn2)cc1OC. The average molecular weight is 424 g/mol. The fourth-order valence-corrected chi connectivity index (χ4v) is 4.52. The second kappa shape index (κ2) is 7.61. The summed E-state index contributed by atoms with van der Waals surface area (Å²) in [6.45, 7) is 2.31. The molecule has 0 saturated carbocycles. The van der Waals surface area contributed by atoms with Crippen LogP contribution in [-0.2, 0) is 11.3 Å². The molecule has 25 heavy (non-hydrogen) atoms. The van der Waals surface area contributed by atoms with Gasteiger partial charge in [-0.05, 0) is 19.1 Å². The minimum Gasteiger partial charge on any atom is -0.493 e. The predicted molar refractivity (Wildman–Crippen MR) is 99.8 cm³/mol. The Hall–Kier alpha value is -1.80. The molecule has 0 bridgehead atoms. The van der Waals surface area contributed by atoms with E-state index < -0.39 is 0 Å². The van der Waals surface area contributed by atoms with E-state index in [1.807, 2.05) is 24.0 Å². The fourth-order valence-electron chi connectivity index (χ4n) is 2.62. The number of halogens is 1. The van der Waals surface area contributed by atoms with Gasteiger partial charge in [-0.25, -0.2) is 0 Å². The van der Waals surface area contributed by atoms with Crippen molar-refractivity contribution in [2.45, 2.75) is 18.8 Å². The van der Waals surface area contributed by atoms with Crippen LogP contribution in [0.2, 0.25) is 0 Å². The monoisotopic (exact) mass is 423 g/mol. The Morgan fingerprint density at radius 3 is 2.60 bits per heavy atom. The highest BCUT2D eigenvalue weighted by atomic mass is 79.9. The quantitative estimate of drug-likeness (QED) is 0.734. The highest BCUT2D eigenvalue weighted by Crippen LogP contribution is 2.45. The molecule has 1 aromatic carbocycles. The largest absolute Gasteiger partial charge is 0.493 e. The maximum atomic E-state index is 12.4. The van der Waals surface area contributed by atoms with Crippen molar-refractivity contribution in [1.29, 1.82) is 0 Å². The van der Waals surface area contributed by atoms with Gasteiger partial charge in [0.05, 0.1) is 44.1 Å². The Balaban J connectivity index is 1.92. The first kappa shape index (κ1) is 18.0. The lowest BCUT2D eigenvalue weighted by atomic mass is 10.1. The van der Waals surface area contributed by atoms with E-state index in [4.69, 9.17) is 9.47 Å². The van der Waals surface area contributed by atoms with Crippen LogP contribution in [0.1, 0.15) is 22.3 Å². The number of methoxy groups -OCH3 is 2. The molecule has 0 aliphatic carbocycles. The highest BCUT2D eigenvalue weighted by Gasteiger charge is 2.35. The lowest BCUT2D eigenvalue weighted by Gasteiger charge is -2.25. The van der Waals surface area contributed by atoms with Crippen molar-refractivity contribution in [3.63, 3.8) is 0 Å². The number of carbonyl (C=O) groups is 1. The van der Waals surface area contributed by atoms with Gasteiger partial charge >= 0.3 is 0 Å². The number of carbonyl (C=O) groups excluding carboxylic acids is 1. The summed E-state index contributed by atoms with van der Waals surface area (Å²) in [5.41, 5.74) is 2.58. The lowest BCUT2D eigenvalue weighted by molar-refractivity contribution is -0.128. The molecule has 0 spiro atoms. The minimum atomic E-state index is -0.121. The second-order valence-corrected chi connectivity index (χ2v) is 7.49. The molecule has 1 aliphatic rings. The van der Waals surface area contributed by atoms with Crippen molar-refractivity contribution in [2.75, 3.05) is 20.0 Å². The van der Waals surface area contributed by atoms with Crippen molar-refractivity contribution in [2.24, 2.45) is 0 Å². The Morgan fingerprint density at radius 2 is 1.96 bits per heavy atom. The zero-order valence-electron chi connectivity index (χ0n) is 14.2. The lowest BCUT2D eigenvalue weighted by Crippen LogP contribution is -2.28. The highest BCUT2D eigenvalue weighted by molar-refractivity contribution is 9.10. The molecule has 0 N–H and O–H groups in total. The molecule has 2 aromatic rings. The molecule has 1 fully saturated rings. The first-order valence-corrected chi connectivity index (χ1v) is 9.47. The number of amides is 1. The summed E-state index contributed by atoms with van der Waals surface area (Å²) in [6, 6.07) is 3.77. The van der Waals surface area contributed by atoms with Crippen molar-refractivity contribution in [1.82, 2.24) is 14.9 Å². The number of aryl methyl sites for hydroxylation is 1. The maximum Gasteiger partial charge on any atom is 0.234 e. The van der Waals surface area contributed by atoms with Crippen LogP contribution < -0.4 is 9.47 Å². The van der Waals surface area contributed by atoms with Crippen LogP contribution in [0, 0.1) is 6.92 Å². The van der Waals surface area contributed by atoms with E-state index in [0.717, 1.165) is 21.4 Å². The molecule has 8 heteroatoms. The van der Waals surface area contributed by atoms with E-state index in [1.165, 1.54) is 0 Å². The van der Waals surface area contributed by atoms with Gasteiger partial charge in [-0.3, -0.25) is 14.8 Å². The van der Waals surface area contributed by atoms with Crippen LogP contribution >= 0.6 is 27.7 Å². The standard InChI is InChI=1S/C17H18BrN3O3S/c1-10-6-20-11(7-19-10)8-21-16(22)9-25-17(21)12-4-14(23-2)15(24-3)5-13(12)18/h4-7,17H,8-9H2,1-3H3. The van der Waals surface area contributed by atoms with E-state index in [0.29, 0.717) is 23.8 Å². The van der Waals surface area contributed by atoms with Crippen molar-refractivity contribution < 1.29 is 14.3 Å². The molecule has 2 heterocycles. The number of hydrogen-bond donors (Lipinski definition) is 0. The number of rotatable bonds is 5. The number of aromatic nitrogens is 2. The van der Waals surface area contributed by atoms with Crippen molar-refractivity contribution in [3.05, 3.63) is 46.0 Å². The molecule has 1 aromatic heterocycles. The first-order valence-electron chi connectivity index (χ1n) is 7.63. The smallest absolute Gasteiger partial charge is 0.234 e.